The normalized spacial score (nSPS) is 12.2. The second kappa shape index (κ2) is 11.3. The zero-order valence-electron chi connectivity index (χ0n) is 20.2. The Morgan fingerprint density at radius 2 is 1.74 bits per heavy atom. The van der Waals surface area contributed by atoms with Crippen LogP contribution in [0.4, 0.5) is 24.0 Å². The van der Waals surface area contributed by atoms with Crippen molar-refractivity contribution in [2.24, 2.45) is 5.73 Å². The van der Waals surface area contributed by atoms with Gasteiger partial charge in [-0.3, -0.25) is 0 Å². The van der Waals surface area contributed by atoms with Crippen molar-refractivity contribution in [3.8, 4) is 11.5 Å². The zero-order chi connectivity index (χ0) is 27.4. The maximum absolute atomic E-state index is 15.3. The Morgan fingerprint density at radius 3 is 2.34 bits per heavy atom. The zero-order valence-corrected chi connectivity index (χ0v) is 21.8. The Bertz CT molecular complexity index is 1510. The van der Waals surface area contributed by atoms with Crippen LogP contribution in [0.15, 0.2) is 71.1 Å². The van der Waals surface area contributed by atoms with Gasteiger partial charge in [-0.1, -0.05) is 18.2 Å². The molecule has 1 aromatic heterocycles. The monoisotopic (exact) mass is 564 g/mol. The number of nitrogens with two attached hydrogens (primary N) is 1. The molecular weight excluding hydrogens is 541 g/mol. The number of nitrogens with one attached hydrogen (secondary N) is 1. The molecule has 0 saturated carbocycles. The van der Waals surface area contributed by atoms with Crippen molar-refractivity contribution in [1.82, 2.24) is 4.98 Å². The van der Waals surface area contributed by atoms with Crippen LogP contribution in [0.1, 0.15) is 17.3 Å². The van der Waals surface area contributed by atoms with Crippen molar-refractivity contribution < 1.29 is 31.1 Å². The molecule has 0 unspecified atom stereocenters. The number of rotatable bonds is 10. The fourth-order valence-electron chi connectivity index (χ4n) is 3.72. The van der Waals surface area contributed by atoms with Crippen LogP contribution in [0.3, 0.4) is 0 Å². The molecule has 0 fully saturated rings. The number of hydrogen-bond acceptors (Lipinski definition) is 8. The molecular formula is C25H23F3N4O4S2. The molecule has 0 saturated heterocycles. The summed E-state index contributed by atoms with van der Waals surface area (Å²) in [5.74, 6) is -2.56. The van der Waals surface area contributed by atoms with Gasteiger partial charge in [0.1, 0.15) is 35.1 Å². The van der Waals surface area contributed by atoms with E-state index in [1.165, 1.54) is 44.0 Å². The standard InChI is InChI=1S/C25H23F3N4O4S2/c1-35-17-8-7-15(22(13-17)36-2)14-32(25-30-9-10-37-25)38(33,34)23-20(27)11-16(12-21(23)28)31-24(29)18-5-3-4-6-19(18)26/h3-13,24,31H,14,29H2,1-2H3/t24-/m1/s1. The van der Waals surface area contributed by atoms with E-state index in [2.05, 4.69) is 10.3 Å². The second-order valence-corrected chi connectivity index (χ2v) is 10.6. The summed E-state index contributed by atoms with van der Waals surface area (Å²) in [4.78, 5) is 2.87. The minimum Gasteiger partial charge on any atom is -0.497 e. The first-order chi connectivity index (χ1) is 18.1. The van der Waals surface area contributed by atoms with Gasteiger partial charge in [0, 0.05) is 34.5 Å². The highest BCUT2D eigenvalue weighted by molar-refractivity contribution is 7.93. The van der Waals surface area contributed by atoms with Gasteiger partial charge in [-0.2, -0.15) is 0 Å². The molecule has 4 rings (SSSR count). The molecule has 3 aromatic carbocycles. The molecule has 0 spiro atoms. The molecule has 0 aliphatic rings. The maximum Gasteiger partial charge on any atom is 0.272 e. The Kier molecular flexibility index (Phi) is 8.09. The van der Waals surface area contributed by atoms with Crippen LogP contribution in [0.25, 0.3) is 0 Å². The third-order valence-corrected chi connectivity index (χ3v) is 8.25. The van der Waals surface area contributed by atoms with Crippen LogP contribution in [-0.4, -0.2) is 27.6 Å². The van der Waals surface area contributed by atoms with Gasteiger partial charge in [0.05, 0.1) is 20.8 Å². The van der Waals surface area contributed by atoms with E-state index in [4.69, 9.17) is 15.2 Å². The van der Waals surface area contributed by atoms with Gasteiger partial charge in [-0.15, -0.1) is 11.3 Å². The number of anilines is 2. The first kappa shape index (κ1) is 27.2. The van der Waals surface area contributed by atoms with Gasteiger partial charge in [-0.05, 0) is 30.3 Å². The lowest BCUT2D eigenvalue weighted by molar-refractivity contribution is 0.391. The van der Waals surface area contributed by atoms with Crippen molar-refractivity contribution in [3.05, 3.63) is 94.8 Å². The number of nitrogens with zero attached hydrogens (tertiary/aromatic N) is 2. The first-order valence-corrected chi connectivity index (χ1v) is 13.4. The maximum atomic E-state index is 15.3. The predicted molar refractivity (Wildman–Crippen MR) is 138 cm³/mol. The van der Waals surface area contributed by atoms with Gasteiger partial charge in [0.25, 0.3) is 10.0 Å². The van der Waals surface area contributed by atoms with E-state index in [0.717, 1.165) is 27.8 Å². The lowest BCUT2D eigenvalue weighted by atomic mass is 10.1. The van der Waals surface area contributed by atoms with Gasteiger partial charge in [0.15, 0.2) is 10.0 Å². The Labute approximate surface area is 221 Å². The molecule has 3 N–H and O–H groups in total. The molecule has 1 heterocycles. The molecule has 0 bridgehead atoms. The molecule has 8 nitrogen and oxygen atoms in total. The average Bonchev–Trinajstić information content (AvgIpc) is 3.41. The lowest BCUT2D eigenvalue weighted by Crippen LogP contribution is -2.32. The summed E-state index contributed by atoms with van der Waals surface area (Å²) in [6, 6.07) is 11.9. The minimum atomic E-state index is -4.80. The van der Waals surface area contributed by atoms with Crippen LogP contribution in [-0.2, 0) is 16.6 Å². The second-order valence-electron chi connectivity index (χ2n) is 7.92. The quantitative estimate of drug-likeness (QED) is 0.260. The largest absolute Gasteiger partial charge is 0.497 e. The molecule has 0 aliphatic heterocycles. The number of hydrogen-bond donors (Lipinski definition) is 2. The number of benzene rings is 3. The van der Waals surface area contributed by atoms with Crippen molar-refractivity contribution in [2.75, 3.05) is 23.8 Å². The van der Waals surface area contributed by atoms with Crippen LogP contribution >= 0.6 is 11.3 Å². The van der Waals surface area contributed by atoms with E-state index in [9.17, 15) is 12.8 Å². The summed E-state index contributed by atoms with van der Waals surface area (Å²) in [5.41, 5.74) is 6.24. The van der Waals surface area contributed by atoms with Gasteiger partial charge in [-0.25, -0.2) is 30.9 Å². The van der Waals surface area contributed by atoms with E-state index in [-0.39, 0.29) is 22.9 Å². The molecule has 4 aromatic rings. The summed E-state index contributed by atoms with van der Waals surface area (Å²) >= 11 is 0.976. The van der Waals surface area contributed by atoms with E-state index in [1.54, 1.807) is 24.3 Å². The van der Waals surface area contributed by atoms with E-state index < -0.39 is 38.5 Å². The summed E-state index contributed by atoms with van der Waals surface area (Å²) < 4.78 is 83.2. The number of methoxy groups -OCH3 is 2. The average molecular weight is 565 g/mol. The van der Waals surface area contributed by atoms with E-state index in [0.29, 0.717) is 17.1 Å². The SMILES string of the molecule is COc1ccc(CN(c2nccs2)S(=O)(=O)c2c(F)cc(N[C@@H](N)c3ccccc3F)cc2F)c(OC)c1. The molecule has 13 heteroatoms. The number of aromatic nitrogens is 1. The molecule has 200 valence electrons. The number of thiazole rings is 1. The Hall–Kier alpha value is -3.81. The summed E-state index contributed by atoms with van der Waals surface area (Å²) in [5, 5.41) is 4.12. The van der Waals surface area contributed by atoms with Gasteiger partial charge in [0.2, 0.25) is 0 Å². The smallest absolute Gasteiger partial charge is 0.272 e. The molecule has 1 atom stereocenters. The minimum absolute atomic E-state index is 0.00884. The van der Waals surface area contributed by atoms with E-state index in [1.807, 2.05) is 0 Å². The fourth-order valence-corrected chi connectivity index (χ4v) is 6.08. The molecule has 0 radical (unpaired) electrons. The highest BCUT2D eigenvalue weighted by Crippen LogP contribution is 2.34. The third-order valence-electron chi connectivity index (χ3n) is 5.55. The van der Waals surface area contributed by atoms with Crippen molar-refractivity contribution in [1.29, 1.82) is 0 Å². The highest BCUT2D eigenvalue weighted by atomic mass is 32.2. The Morgan fingerprint density at radius 1 is 1.03 bits per heavy atom. The number of halogens is 3. The van der Waals surface area contributed by atoms with Gasteiger partial charge >= 0.3 is 0 Å². The summed E-state index contributed by atoms with van der Waals surface area (Å²) in [6.07, 6.45) is 0.226. The topological polar surface area (TPSA) is 107 Å². The fraction of sp³-hybridized carbons (Fsp3) is 0.160. The van der Waals surface area contributed by atoms with Crippen molar-refractivity contribution in [2.45, 2.75) is 17.6 Å². The van der Waals surface area contributed by atoms with E-state index >= 15 is 8.78 Å². The van der Waals surface area contributed by atoms with Crippen LogP contribution in [0, 0.1) is 17.5 Å². The summed E-state index contributed by atoms with van der Waals surface area (Å²) in [6.45, 7) is -0.333. The summed E-state index contributed by atoms with van der Waals surface area (Å²) in [7, 11) is -1.94. The van der Waals surface area contributed by atoms with Crippen molar-refractivity contribution >= 4 is 32.2 Å². The number of sulfonamides is 1. The third kappa shape index (κ3) is 5.54. The predicted octanol–water partition coefficient (Wildman–Crippen LogP) is 5.04. The molecule has 0 amide bonds. The molecule has 0 aliphatic carbocycles. The lowest BCUT2D eigenvalue weighted by Gasteiger charge is -2.24. The number of ether oxygens (including phenoxy) is 2. The molecule has 38 heavy (non-hydrogen) atoms. The van der Waals surface area contributed by atoms with Crippen LogP contribution in [0.2, 0.25) is 0 Å². The van der Waals surface area contributed by atoms with Crippen molar-refractivity contribution in [3.63, 3.8) is 0 Å². The highest BCUT2D eigenvalue weighted by Gasteiger charge is 2.34. The Balaban J connectivity index is 1.71. The van der Waals surface area contributed by atoms with Crippen LogP contribution in [0.5, 0.6) is 11.5 Å². The first-order valence-electron chi connectivity index (χ1n) is 11.0. The van der Waals surface area contributed by atoms with Crippen LogP contribution < -0.4 is 24.8 Å². The van der Waals surface area contributed by atoms with Gasteiger partial charge < -0.3 is 20.5 Å².